The first-order valence-corrected chi connectivity index (χ1v) is 12.5. The highest BCUT2D eigenvalue weighted by Crippen LogP contribution is 2.31. The van der Waals surface area contributed by atoms with E-state index in [9.17, 15) is 19.2 Å². The van der Waals surface area contributed by atoms with Gasteiger partial charge in [-0.15, -0.1) is 0 Å². The quantitative estimate of drug-likeness (QED) is 0.490. The molecule has 2 aliphatic heterocycles. The summed E-state index contributed by atoms with van der Waals surface area (Å²) in [7, 11) is 0. The van der Waals surface area contributed by atoms with Crippen molar-refractivity contribution in [2.45, 2.75) is 12.8 Å². The van der Waals surface area contributed by atoms with E-state index in [-0.39, 0.29) is 24.0 Å². The number of carbonyl (C=O) groups excluding carboxylic acids is 3. The Morgan fingerprint density at radius 1 is 1.00 bits per heavy atom. The monoisotopic (exact) mass is 530 g/mol. The van der Waals surface area contributed by atoms with Crippen molar-refractivity contribution in [1.29, 1.82) is 0 Å². The number of oxazole rings is 1. The number of hydrogen-bond donors (Lipinski definition) is 1. The van der Waals surface area contributed by atoms with E-state index in [1.54, 1.807) is 46.2 Å². The van der Waals surface area contributed by atoms with Crippen LogP contribution in [0.15, 0.2) is 45.6 Å². The van der Waals surface area contributed by atoms with Crippen LogP contribution in [0.25, 0.3) is 11.1 Å². The average molecular weight is 531 g/mol. The maximum absolute atomic E-state index is 13.1. The van der Waals surface area contributed by atoms with Crippen LogP contribution in [0.3, 0.4) is 0 Å². The molecule has 36 heavy (non-hydrogen) atoms. The van der Waals surface area contributed by atoms with Gasteiger partial charge in [0, 0.05) is 63.4 Å². The molecule has 0 spiro atoms. The zero-order chi connectivity index (χ0) is 25.4. The minimum atomic E-state index is -0.550. The summed E-state index contributed by atoms with van der Waals surface area (Å²) in [5.74, 6) is -1.12. The molecule has 3 heterocycles. The number of aromatic nitrogens is 1. The van der Waals surface area contributed by atoms with Crippen molar-refractivity contribution < 1.29 is 18.8 Å². The van der Waals surface area contributed by atoms with Crippen LogP contribution in [0.5, 0.6) is 0 Å². The maximum atomic E-state index is 13.1. The lowest BCUT2D eigenvalue weighted by molar-refractivity contribution is -0.137. The van der Waals surface area contributed by atoms with Gasteiger partial charge >= 0.3 is 5.76 Å². The minimum Gasteiger partial charge on any atom is -0.408 e. The summed E-state index contributed by atoms with van der Waals surface area (Å²) in [4.78, 5) is 57.7. The lowest BCUT2D eigenvalue weighted by atomic mass is 10.1. The third kappa shape index (κ3) is 5.04. The molecule has 0 bridgehead atoms. The van der Waals surface area contributed by atoms with E-state index >= 15 is 0 Å². The van der Waals surface area contributed by atoms with E-state index in [1.165, 1.54) is 0 Å². The molecule has 2 aliphatic rings. The number of amides is 2. The molecule has 5 rings (SSSR count). The molecule has 0 aliphatic carbocycles. The van der Waals surface area contributed by atoms with Gasteiger partial charge in [-0.1, -0.05) is 23.2 Å². The third-order valence-corrected chi connectivity index (χ3v) is 7.51. The molecule has 2 fully saturated rings. The first kappa shape index (κ1) is 24.5. The number of piperazine rings is 1. The van der Waals surface area contributed by atoms with E-state index in [1.807, 2.05) is 0 Å². The van der Waals surface area contributed by atoms with Gasteiger partial charge in [0.05, 0.1) is 21.5 Å². The number of benzene rings is 2. The summed E-state index contributed by atoms with van der Waals surface area (Å²) in [5.41, 5.74) is 2.05. The molecule has 1 unspecified atom stereocenters. The van der Waals surface area contributed by atoms with Gasteiger partial charge in [0.25, 0.3) is 0 Å². The molecule has 0 radical (unpaired) electrons. The fourth-order valence-electron chi connectivity index (χ4n) is 4.75. The molecule has 0 saturated carbocycles. The van der Waals surface area contributed by atoms with Crippen LogP contribution in [0.1, 0.15) is 23.2 Å². The molecule has 2 saturated heterocycles. The van der Waals surface area contributed by atoms with Crippen LogP contribution in [0.2, 0.25) is 10.0 Å². The number of nitrogens with zero attached hydrogens (tertiary/aromatic N) is 3. The van der Waals surface area contributed by atoms with Gasteiger partial charge in [-0.05, 0) is 36.4 Å². The van der Waals surface area contributed by atoms with Crippen LogP contribution in [0, 0.1) is 5.92 Å². The van der Waals surface area contributed by atoms with Crippen LogP contribution < -0.4 is 10.7 Å². The summed E-state index contributed by atoms with van der Waals surface area (Å²) in [6, 6.07) is 9.93. The zero-order valence-corrected chi connectivity index (χ0v) is 20.8. The highest BCUT2D eigenvalue weighted by atomic mass is 35.5. The molecule has 188 valence electrons. The molecule has 2 aromatic carbocycles. The van der Waals surface area contributed by atoms with Crippen LogP contribution >= 0.6 is 23.2 Å². The van der Waals surface area contributed by atoms with Gasteiger partial charge in [-0.25, -0.2) is 4.79 Å². The van der Waals surface area contributed by atoms with Crippen molar-refractivity contribution in [3.05, 3.63) is 62.6 Å². The van der Waals surface area contributed by atoms with Crippen molar-refractivity contribution in [1.82, 2.24) is 14.8 Å². The second-order valence-corrected chi connectivity index (χ2v) is 9.88. The van der Waals surface area contributed by atoms with Crippen molar-refractivity contribution >= 4 is 57.6 Å². The van der Waals surface area contributed by atoms with E-state index in [4.69, 9.17) is 27.6 Å². The lowest BCUT2D eigenvalue weighted by Gasteiger charge is -2.35. The van der Waals surface area contributed by atoms with Crippen LogP contribution in [0.4, 0.5) is 5.69 Å². The summed E-state index contributed by atoms with van der Waals surface area (Å²) in [5, 5.41) is 0.775. The Balaban J connectivity index is 1.11. The number of fused-ring (bicyclic) bond motifs is 1. The number of carbonyl (C=O) groups is 3. The molecular weight excluding hydrogens is 507 g/mol. The third-order valence-electron chi connectivity index (χ3n) is 6.77. The molecule has 2 amide bonds. The first-order chi connectivity index (χ1) is 17.3. The normalized spacial score (nSPS) is 18.8. The van der Waals surface area contributed by atoms with Gasteiger partial charge in [-0.3, -0.25) is 24.3 Å². The molecule has 1 N–H and O–H groups in total. The molecular formula is C25H24Cl2N4O5. The van der Waals surface area contributed by atoms with Gasteiger partial charge in [0.1, 0.15) is 0 Å². The average Bonchev–Trinajstić information content (AvgIpc) is 3.45. The van der Waals surface area contributed by atoms with E-state index in [0.717, 1.165) is 0 Å². The van der Waals surface area contributed by atoms with E-state index in [2.05, 4.69) is 9.88 Å². The summed E-state index contributed by atoms with van der Waals surface area (Å²) >= 11 is 12.1. The summed E-state index contributed by atoms with van der Waals surface area (Å²) in [6.45, 7) is 3.29. The number of hydrogen-bond acceptors (Lipinski definition) is 6. The number of H-pyrrole nitrogens is 1. The number of rotatable bonds is 6. The van der Waals surface area contributed by atoms with Crippen molar-refractivity contribution in [2.24, 2.45) is 5.92 Å². The second kappa shape index (κ2) is 10.1. The highest BCUT2D eigenvalue weighted by molar-refractivity contribution is 6.42. The summed E-state index contributed by atoms with van der Waals surface area (Å²) in [6.07, 6.45) is 0.489. The predicted octanol–water partition coefficient (Wildman–Crippen LogP) is 3.20. The largest absolute Gasteiger partial charge is 0.417 e. The van der Waals surface area contributed by atoms with E-state index in [0.29, 0.717) is 78.1 Å². The van der Waals surface area contributed by atoms with Gasteiger partial charge in [0.15, 0.2) is 11.4 Å². The SMILES string of the molecule is O=C(CCN1CCN(C(=O)C2CC(=O)N(c3ccc(Cl)c(Cl)c3)C2)CC1)c1ccc2[nH]c(=O)oc2c1. The fourth-order valence-corrected chi connectivity index (χ4v) is 5.04. The summed E-state index contributed by atoms with van der Waals surface area (Å²) < 4.78 is 5.03. The topological polar surface area (TPSA) is 107 Å². The highest BCUT2D eigenvalue weighted by Gasteiger charge is 2.38. The van der Waals surface area contributed by atoms with Gasteiger partial charge in [-0.2, -0.15) is 0 Å². The number of Topliss-reactive ketones (excluding diaryl/α,β-unsaturated/α-hetero) is 1. The minimum absolute atomic E-state index is 0.0251. The Labute approximate surface area is 216 Å². The molecule has 1 atom stereocenters. The Hall–Kier alpha value is -3.14. The van der Waals surface area contributed by atoms with Crippen LogP contribution in [-0.2, 0) is 9.59 Å². The number of ketones is 1. The van der Waals surface area contributed by atoms with Gasteiger partial charge < -0.3 is 14.2 Å². The van der Waals surface area contributed by atoms with Crippen molar-refractivity contribution in [3.63, 3.8) is 0 Å². The number of aromatic amines is 1. The smallest absolute Gasteiger partial charge is 0.408 e. The zero-order valence-electron chi connectivity index (χ0n) is 19.3. The Morgan fingerprint density at radius 2 is 1.78 bits per heavy atom. The van der Waals surface area contributed by atoms with Crippen LogP contribution in [-0.4, -0.2) is 71.6 Å². The lowest BCUT2D eigenvalue weighted by Crippen LogP contribution is -2.50. The van der Waals surface area contributed by atoms with Crippen molar-refractivity contribution in [2.75, 3.05) is 44.2 Å². The maximum Gasteiger partial charge on any atom is 0.417 e. The fraction of sp³-hybridized carbons (Fsp3) is 0.360. The number of anilines is 1. The standard InChI is InChI=1S/C25H24Cl2N4O5/c26-18-3-2-17(13-19(18)27)31-14-16(12-23(31)33)24(34)30-9-7-29(8-10-30)6-5-21(32)15-1-4-20-22(11-15)36-25(35)28-20/h1-4,11,13,16H,5-10,12,14H2,(H,28,35). The Kier molecular flexibility index (Phi) is 6.87. The van der Waals surface area contributed by atoms with E-state index < -0.39 is 11.7 Å². The second-order valence-electron chi connectivity index (χ2n) is 9.07. The predicted molar refractivity (Wildman–Crippen MR) is 136 cm³/mol. The van der Waals surface area contributed by atoms with Crippen molar-refractivity contribution in [3.8, 4) is 0 Å². The number of nitrogens with one attached hydrogen (secondary N) is 1. The molecule has 9 nitrogen and oxygen atoms in total. The Bertz CT molecular complexity index is 1390. The molecule has 3 aromatic rings. The van der Waals surface area contributed by atoms with Gasteiger partial charge in [0.2, 0.25) is 11.8 Å². The number of halogens is 2. The molecule has 11 heteroatoms. The first-order valence-electron chi connectivity index (χ1n) is 11.7. The Morgan fingerprint density at radius 3 is 2.53 bits per heavy atom. The molecule has 1 aromatic heterocycles.